The summed E-state index contributed by atoms with van der Waals surface area (Å²) in [6.45, 7) is 4.27. The summed E-state index contributed by atoms with van der Waals surface area (Å²) in [7, 11) is 1.12. The van der Waals surface area contributed by atoms with Crippen molar-refractivity contribution in [2.45, 2.75) is 13.8 Å². The van der Waals surface area contributed by atoms with Gasteiger partial charge in [-0.2, -0.15) is 0 Å². The van der Waals surface area contributed by atoms with Gasteiger partial charge in [0.2, 0.25) is 0 Å². The molecule has 1 aromatic rings. The van der Waals surface area contributed by atoms with Crippen molar-refractivity contribution >= 4 is 19.8 Å². The highest BCUT2D eigenvalue weighted by atomic mass is 31.1. The molecule has 0 nitrogen and oxygen atoms in total. The average Bonchev–Trinajstić information content (AvgIpc) is 1.95. The van der Waals surface area contributed by atoms with Gasteiger partial charge in [0.1, 0.15) is 0 Å². The molecule has 52 valence electrons. The predicted molar refractivity (Wildman–Crippen MR) is 49.6 cm³/mol. The largest absolute Gasteiger partial charge is 0.0761 e. The van der Waals surface area contributed by atoms with Gasteiger partial charge in [0.25, 0.3) is 0 Å². The second-order valence-corrected chi connectivity index (χ2v) is 3.18. The molecule has 10 heavy (non-hydrogen) atoms. The van der Waals surface area contributed by atoms with E-state index in [-0.39, 0.29) is 0 Å². The molecular weight excluding hydrogens is 139 g/mol. The summed E-state index contributed by atoms with van der Waals surface area (Å²) in [6.07, 6.45) is 3.83. The highest BCUT2D eigenvalue weighted by Gasteiger charge is 1.94. The van der Waals surface area contributed by atoms with Gasteiger partial charge in [0, 0.05) is 5.30 Å². The molecule has 0 amide bonds. The summed E-state index contributed by atoms with van der Waals surface area (Å²) in [5.74, 6) is 0. The fraction of sp³-hybridized carbons (Fsp3) is 0.222. The van der Waals surface area contributed by atoms with Crippen LogP contribution in [0.2, 0.25) is 0 Å². The minimum atomic E-state index is 1.12. The normalized spacial score (nSPS) is 10.2. The highest BCUT2D eigenvalue weighted by molar-refractivity contribution is 7.45. The zero-order valence-electron chi connectivity index (χ0n) is 6.39. The molecule has 0 atom stereocenters. The fourth-order valence-corrected chi connectivity index (χ4v) is 1.51. The topological polar surface area (TPSA) is 0 Å². The summed E-state index contributed by atoms with van der Waals surface area (Å²) in [4.78, 5) is 0. The summed E-state index contributed by atoms with van der Waals surface area (Å²) >= 11 is 0. The van der Waals surface area contributed by atoms with Crippen LogP contribution in [0.15, 0.2) is 18.2 Å². The van der Waals surface area contributed by atoms with Crippen LogP contribution in [0.4, 0.5) is 0 Å². The minimum Gasteiger partial charge on any atom is -0.0761 e. The molecule has 1 heteroatoms. The van der Waals surface area contributed by atoms with Gasteiger partial charge in [-0.25, -0.2) is 0 Å². The number of benzene rings is 1. The number of aryl methyl sites for hydroxylation is 1. The standard InChI is InChI=1S/C9H11P/c1-7-5-4-6-9(10-3)8(7)2/h4-6H,3H2,1-2H3. The Morgan fingerprint density at radius 2 is 2.00 bits per heavy atom. The van der Waals surface area contributed by atoms with Gasteiger partial charge in [0.05, 0.1) is 0 Å². The van der Waals surface area contributed by atoms with Crippen LogP contribution in [0, 0.1) is 13.8 Å². The van der Waals surface area contributed by atoms with E-state index in [1.165, 1.54) is 16.4 Å². The lowest BCUT2D eigenvalue weighted by Gasteiger charge is -2.01. The molecule has 0 aliphatic rings. The molecule has 0 aliphatic heterocycles. The van der Waals surface area contributed by atoms with Crippen molar-refractivity contribution < 1.29 is 0 Å². The van der Waals surface area contributed by atoms with E-state index in [0.717, 1.165) is 8.20 Å². The molecule has 0 radical (unpaired) electrons. The Morgan fingerprint density at radius 3 is 2.50 bits per heavy atom. The zero-order valence-corrected chi connectivity index (χ0v) is 7.28. The van der Waals surface area contributed by atoms with Crippen molar-refractivity contribution in [3.63, 3.8) is 0 Å². The van der Waals surface area contributed by atoms with Crippen LogP contribution in [0.3, 0.4) is 0 Å². The first kappa shape index (κ1) is 7.50. The van der Waals surface area contributed by atoms with Gasteiger partial charge in [-0.05, 0) is 25.0 Å². The predicted octanol–water partition coefficient (Wildman–Crippen LogP) is 2.31. The van der Waals surface area contributed by atoms with Gasteiger partial charge < -0.3 is 0 Å². The van der Waals surface area contributed by atoms with E-state index in [4.69, 9.17) is 0 Å². The summed E-state index contributed by atoms with van der Waals surface area (Å²) in [5.41, 5.74) is 2.73. The molecular formula is C9H11P. The Bertz CT molecular complexity index is 251. The van der Waals surface area contributed by atoms with Crippen LogP contribution in [0.25, 0.3) is 0 Å². The average molecular weight is 150 g/mol. The summed E-state index contributed by atoms with van der Waals surface area (Å²) in [6, 6.07) is 6.33. The van der Waals surface area contributed by atoms with Crippen LogP contribution in [-0.2, 0) is 0 Å². The Labute approximate surface area is 63.7 Å². The summed E-state index contributed by atoms with van der Waals surface area (Å²) in [5, 5.41) is 1.33. The van der Waals surface area contributed by atoms with Crippen LogP contribution in [0.5, 0.6) is 0 Å². The van der Waals surface area contributed by atoms with Crippen LogP contribution in [-0.4, -0.2) is 6.30 Å². The van der Waals surface area contributed by atoms with Crippen molar-refractivity contribution in [2.75, 3.05) is 0 Å². The van der Waals surface area contributed by atoms with E-state index in [1.807, 2.05) is 0 Å². The summed E-state index contributed by atoms with van der Waals surface area (Å²) < 4.78 is 0. The quantitative estimate of drug-likeness (QED) is 0.539. The first-order valence-electron chi connectivity index (χ1n) is 3.28. The molecule has 0 bridgehead atoms. The maximum Gasteiger partial charge on any atom is 0.00439 e. The molecule has 0 N–H and O–H groups in total. The highest BCUT2D eigenvalue weighted by Crippen LogP contribution is 2.07. The van der Waals surface area contributed by atoms with E-state index in [2.05, 4.69) is 38.3 Å². The van der Waals surface area contributed by atoms with E-state index in [0.29, 0.717) is 0 Å². The minimum absolute atomic E-state index is 1.12. The molecule has 1 rings (SSSR count). The van der Waals surface area contributed by atoms with Gasteiger partial charge >= 0.3 is 0 Å². The monoisotopic (exact) mass is 150 g/mol. The molecule has 0 heterocycles. The lowest BCUT2D eigenvalue weighted by atomic mass is 10.1. The van der Waals surface area contributed by atoms with Gasteiger partial charge in [-0.1, -0.05) is 32.7 Å². The van der Waals surface area contributed by atoms with Crippen molar-refractivity contribution in [1.82, 2.24) is 0 Å². The Balaban J connectivity index is 3.27. The van der Waals surface area contributed by atoms with E-state index in [1.54, 1.807) is 0 Å². The Hall–Kier alpha value is -0.610. The van der Waals surface area contributed by atoms with Crippen molar-refractivity contribution in [3.8, 4) is 0 Å². The van der Waals surface area contributed by atoms with Crippen molar-refractivity contribution in [1.29, 1.82) is 0 Å². The maximum absolute atomic E-state index is 3.83. The van der Waals surface area contributed by atoms with Crippen LogP contribution < -0.4 is 5.30 Å². The Morgan fingerprint density at radius 1 is 1.30 bits per heavy atom. The third-order valence-electron chi connectivity index (χ3n) is 1.75. The number of rotatable bonds is 1. The first-order valence-corrected chi connectivity index (χ1v) is 4.36. The van der Waals surface area contributed by atoms with Gasteiger partial charge in [-0.3, -0.25) is 0 Å². The molecule has 0 fully saturated rings. The number of hydrogen-bond acceptors (Lipinski definition) is 0. The first-order chi connectivity index (χ1) is 4.75. The van der Waals surface area contributed by atoms with E-state index >= 15 is 0 Å². The SMILES string of the molecule is C=Pc1cccc(C)c1C. The maximum atomic E-state index is 3.83. The van der Waals surface area contributed by atoms with Gasteiger partial charge in [0.15, 0.2) is 0 Å². The van der Waals surface area contributed by atoms with Crippen LogP contribution in [0.1, 0.15) is 11.1 Å². The second kappa shape index (κ2) is 2.98. The second-order valence-electron chi connectivity index (χ2n) is 2.38. The molecule has 0 unspecified atom stereocenters. The molecule has 0 aromatic heterocycles. The lowest BCUT2D eigenvalue weighted by molar-refractivity contribution is 1.37. The van der Waals surface area contributed by atoms with E-state index < -0.39 is 0 Å². The number of hydrogen-bond donors (Lipinski definition) is 0. The molecule has 0 spiro atoms. The smallest absolute Gasteiger partial charge is 0.00439 e. The molecule has 0 saturated heterocycles. The Kier molecular flexibility index (Phi) is 2.24. The third kappa shape index (κ3) is 1.27. The fourth-order valence-electron chi connectivity index (χ4n) is 0.907. The van der Waals surface area contributed by atoms with E-state index in [9.17, 15) is 0 Å². The lowest BCUT2D eigenvalue weighted by Crippen LogP contribution is -1.98. The molecule has 1 aromatic carbocycles. The molecule has 0 aliphatic carbocycles. The molecule has 0 saturated carbocycles. The van der Waals surface area contributed by atoms with Crippen molar-refractivity contribution in [2.24, 2.45) is 0 Å². The zero-order chi connectivity index (χ0) is 7.56. The third-order valence-corrected chi connectivity index (χ3v) is 2.57. The van der Waals surface area contributed by atoms with Crippen molar-refractivity contribution in [3.05, 3.63) is 29.3 Å². The van der Waals surface area contributed by atoms with Crippen LogP contribution >= 0.6 is 8.20 Å². The van der Waals surface area contributed by atoms with Gasteiger partial charge in [-0.15, -0.1) is 0 Å².